The molecule has 1 aliphatic heterocycles. The minimum absolute atomic E-state index is 0.239. The Balaban J connectivity index is 2.19. The van der Waals surface area contributed by atoms with Crippen molar-refractivity contribution < 1.29 is 26.4 Å². The van der Waals surface area contributed by atoms with Gasteiger partial charge in [0, 0.05) is 13.1 Å². The Kier molecular flexibility index (Phi) is 5.69. The van der Waals surface area contributed by atoms with Crippen molar-refractivity contribution in [3.8, 4) is 0 Å². The molecule has 0 radical (unpaired) electrons. The van der Waals surface area contributed by atoms with Gasteiger partial charge in [-0.15, -0.1) is 0 Å². The molecule has 3 N–H and O–H groups in total. The molecule has 1 aliphatic rings. The minimum Gasteiger partial charge on any atom is -0.341 e. The number of halogens is 3. The van der Waals surface area contributed by atoms with E-state index in [0.717, 1.165) is 12.1 Å². The molecule has 2 rings (SSSR count). The van der Waals surface area contributed by atoms with E-state index >= 15 is 0 Å². The normalized spacial score (nSPS) is 22.5. The Labute approximate surface area is 150 Å². The second kappa shape index (κ2) is 7.16. The fourth-order valence-corrected chi connectivity index (χ4v) is 4.36. The first-order valence-corrected chi connectivity index (χ1v) is 9.55. The number of alkyl halides is 3. The summed E-state index contributed by atoms with van der Waals surface area (Å²) in [5.41, 5.74) is 4.17. The maximum Gasteiger partial charge on any atom is 0.417 e. The highest BCUT2D eigenvalue weighted by atomic mass is 32.2. The van der Waals surface area contributed by atoms with Crippen molar-refractivity contribution in [3.63, 3.8) is 0 Å². The average Bonchev–Trinajstić information content (AvgIpc) is 2.96. The van der Waals surface area contributed by atoms with Crippen LogP contribution in [0.5, 0.6) is 0 Å². The second-order valence-corrected chi connectivity index (χ2v) is 8.54. The molecule has 1 heterocycles. The number of nitrogens with two attached hydrogens (primary N) is 1. The molecule has 0 spiro atoms. The lowest BCUT2D eigenvalue weighted by atomic mass is 9.90. The Bertz CT molecular complexity index is 782. The van der Waals surface area contributed by atoms with Crippen LogP contribution in [0.4, 0.5) is 13.2 Å². The SMILES string of the molecule is CC(NS(=O)(=O)c1ccccc1C(F)(F)F)C(=O)N1CCC(C)(CN)C1. The first kappa shape index (κ1) is 20.7. The molecule has 0 bridgehead atoms. The largest absolute Gasteiger partial charge is 0.417 e. The number of hydrogen-bond acceptors (Lipinski definition) is 4. The van der Waals surface area contributed by atoms with Crippen LogP contribution >= 0.6 is 0 Å². The number of nitrogens with one attached hydrogen (secondary N) is 1. The van der Waals surface area contributed by atoms with Crippen molar-refractivity contribution in [2.75, 3.05) is 19.6 Å². The van der Waals surface area contributed by atoms with Crippen LogP contribution in [0.1, 0.15) is 25.8 Å². The van der Waals surface area contributed by atoms with Gasteiger partial charge in [0.15, 0.2) is 0 Å². The maximum absolute atomic E-state index is 13.1. The number of rotatable bonds is 5. The van der Waals surface area contributed by atoms with Crippen molar-refractivity contribution >= 4 is 15.9 Å². The fraction of sp³-hybridized carbons (Fsp3) is 0.562. The second-order valence-electron chi connectivity index (χ2n) is 6.86. The average molecular weight is 393 g/mol. The molecule has 1 fully saturated rings. The van der Waals surface area contributed by atoms with Gasteiger partial charge in [0.05, 0.1) is 16.5 Å². The number of likely N-dealkylation sites (tertiary alicyclic amines) is 1. The summed E-state index contributed by atoms with van der Waals surface area (Å²) in [5.74, 6) is -0.491. The van der Waals surface area contributed by atoms with E-state index in [1.165, 1.54) is 17.9 Å². The zero-order valence-corrected chi connectivity index (χ0v) is 15.3. The number of carbonyl (C=O) groups excluding carboxylic acids is 1. The smallest absolute Gasteiger partial charge is 0.341 e. The van der Waals surface area contributed by atoms with Crippen LogP contribution < -0.4 is 10.5 Å². The molecule has 2 atom stereocenters. The third-order valence-electron chi connectivity index (χ3n) is 4.55. The van der Waals surface area contributed by atoms with E-state index in [1.54, 1.807) is 0 Å². The zero-order chi connectivity index (χ0) is 19.8. The Morgan fingerprint density at radius 2 is 2.00 bits per heavy atom. The van der Waals surface area contributed by atoms with Gasteiger partial charge in [-0.25, -0.2) is 8.42 Å². The van der Waals surface area contributed by atoms with Gasteiger partial charge in [-0.1, -0.05) is 19.1 Å². The van der Waals surface area contributed by atoms with Gasteiger partial charge in [0.25, 0.3) is 0 Å². The summed E-state index contributed by atoms with van der Waals surface area (Å²) in [6.45, 7) is 4.43. The van der Waals surface area contributed by atoms with Crippen molar-refractivity contribution in [1.29, 1.82) is 0 Å². The van der Waals surface area contributed by atoms with Gasteiger partial charge in [-0.2, -0.15) is 17.9 Å². The number of sulfonamides is 1. The van der Waals surface area contributed by atoms with Crippen LogP contribution in [0, 0.1) is 5.41 Å². The van der Waals surface area contributed by atoms with E-state index in [0.29, 0.717) is 32.1 Å². The topological polar surface area (TPSA) is 92.5 Å². The summed E-state index contributed by atoms with van der Waals surface area (Å²) in [6.07, 6.45) is -4.14. The van der Waals surface area contributed by atoms with Gasteiger partial charge in [0.1, 0.15) is 0 Å². The number of nitrogens with zero attached hydrogens (tertiary/aromatic N) is 1. The summed E-state index contributed by atoms with van der Waals surface area (Å²) >= 11 is 0. The minimum atomic E-state index is -4.82. The molecule has 146 valence electrons. The Morgan fingerprint density at radius 3 is 2.54 bits per heavy atom. The van der Waals surface area contributed by atoms with Crippen molar-refractivity contribution in [3.05, 3.63) is 29.8 Å². The van der Waals surface area contributed by atoms with Crippen LogP contribution in [-0.2, 0) is 21.0 Å². The molecule has 1 amide bonds. The lowest BCUT2D eigenvalue weighted by molar-refractivity contribution is -0.139. The van der Waals surface area contributed by atoms with E-state index in [1.807, 2.05) is 6.92 Å². The maximum atomic E-state index is 13.1. The lowest BCUT2D eigenvalue weighted by Crippen LogP contribution is -2.47. The quantitative estimate of drug-likeness (QED) is 0.794. The van der Waals surface area contributed by atoms with Crippen molar-refractivity contribution in [1.82, 2.24) is 9.62 Å². The standard InChI is InChI=1S/C16H22F3N3O3S/c1-11(14(23)22-8-7-15(2,9-20)10-22)21-26(24,25)13-6-4-3-5-12(13)16(17,18)19/h3-6,11,21H,7-10,20H2,1-2H3. The zero-order valence-electron chi connectivity index (χ0n) is 14.5. The third-order valence-corrected chi connectivity index (χ3v) is 6.15. The Morgan fingerprint density at radius 1 is 1.38 bits per heavy atom. The Hall–Kier alpha value is -1.65. The highest BCUT2D eigenvalue weighted by Gasteiger charge is 2.39. The first-order chi connectivity index (χ1) is 11.9. The summed E-state index contributed by atoms with van der Waals surface area (Å²) in [5, 5.41) is 0. The molecule has 1 aromatic rings. The monoisotopic (exact) mass is 393 g/mol. The fourth-order valence-electron chi connectivity index (χ4n) is 2.93. The molecule has 1 saturated heterocycles. The van der Waals surface area contributed by atoms with E-state index < -0.39 is 38.6 Å². The highest BCUT2D eigenvalue weighted by molar-refractivity contribution is 7.89. The summed E-state index contributed by atoms with van der Waals surface area (Å²) < 4.78 is 66.1. The van der Waals surface area contributed by atoms with E-state index in [2.05, 4.69) is 4.72 Å². The molecule has 0 aromatic heterocycles. The van der Waals surface area contributed by atoms with Crippen LogP contribution in [-0.4, -0.2) is 44.9 Å². The van der Waals surface area contributed by atoms with Gasteiger partial charge < -0.3 is 10.6 Å². The summed E-state index contributed by atoms with van der Waals surface area (Å²) in [7, 11) is -4.52. The first-order valence-electron chi connectivity index (χ1n) is 8.07. The van der Waals surface area contributed by atoms with Gasteiger partial charge >= 0.3 is 6.18 Å². The molecule has 0 aliphatic carbocycles. The molecule has 6 nitrogen and oxygen atoms in total. The predicted molar refractivity (Wildman–Crippen MR) is 89.6 cm³/mol. The van der Waals surface area contributed by atoms with Crippen LogP contribution in [0.15, 0.2) is 29.2 Å². The van der Waals surface area contributed by atoms with Gasteiger partial charge in [0.2, 0.25) is 15.9 Å². The molecular formula is C16H22F3N3O3S. The molecule has 10 heteroatoms. The van der Waals surface area contributed by atoms with Crippen LogP contribution in [0.2, 0.25) is 0 Å². The van der Waals surface area contributed by atoms with E-state index in [-0.39, 0.29) is 5.41 Å². The molecule has 26 heavy (non-hydrogen) atoms. The molecule has 1 aromatic carbocycles. The highest BCUT2D eigenvalue weighted by Crippen LogP contribution is 2.34. The van der Waals surface area contributed by atoms with Crippen molar-refractivity contribution in [2.45, 2.75) is 37.4 Å². The molecule has 2 unspecified atom stereocenters. The number of benzene rings is 1. The van der Waals surface area contributed by atoms with Gasteiger partial charge in [-0.3, -0.25) is 4.79 Å². The van der Waals surface area contributed by atoms with E-state index in [9.17, 15) is 26.4 Å². The number of amides is 1. The summed E-state index contributed by atoms with van der Waals surface area (Å²) in [6, 6.07) is 2.66. The number of hydrogen-bond donors (Lipinski definition) is 2. The number of carbonyl (C=O) groups is 1. The van der Waals surface area contributed by atoms with Crippen LogP contribution in [0.3, 0.4) is 0 Å². The summed E-state index contributed by atoms with van der Waals surface area (Å²) in [4.78, 5) is 13.1. The predicted octanol–water partition coefficient (Wildman–Crippen LogP) is 1.57. The van der Waals surface area contributed by atoms with E-state index in [4.69, 9.17) is 5.73 Å². The van der Waals surface area contributed by atoms with Crippen molar-refractivity contribution in [2.24, 2.45) is 11.1 Å². The molecular weight excluding hydrogens is 371 g/mol. The van der Waals surface area contributed by atoms with Gasteiger partial charge in [-0.05, 0) is 37.4 Å². The lowest BCUT2D eigenvalue weighted by Gasteiger charge is -2.25. The third kappa shape index (κ3) is 4.36. The van der Waals surface area contributed by atoms with Crippen LogP contribution in [0.25, 0.3) is 0 Å². The molecule has 0 saturated carbocycles.